The van der Waals surface area contributed by atoms with Crippen LogP contribution in [0.4, 0.5) is 0 Å². The van der Waals surface area contributed by atoms with Crippen LogP contribution in [0.15, 0.2) is 109 Å². The van der Waals surface area contributed by atoms with Gasteiger partial charge in [0, 0.05) is 17.4 Å². The van der Waals surface area contributed by atoms with Crippen molar-refractivity contribution in [3.63, 3.8) is 0 Å². The molecular formula is C37H35NO6. The number of carbonyl (C=O) groups excluding carboxylic acids is 2. The number of aliphatic hydroxyl groups is 1. The molecule has 7 nitrogen and oxygen atoms in total. The van der Waals surface area contributed by atoms with Gasteiger partial charge in [0.25, 0.3) is 0 Å². The van der Waals surface area contributed by atoms with Crippen LogP contribution in [0.5, 0.6) is 11.5 Å². The summed E-state index contributed by atoms with van der Waals surface area (Å²) in [5, 5.41) is 24.2. The molecule has 1 aliphatic carbocycles. The van der Waals surface area contributed by atoms with Crippen molar-refractivity contribution in [1.82, 2.24) is 0 Å². The normalized spacial score (nSPS) is 24.5. The van der Waals surface area contributed by atoms with E-state index in [1.807, 2.05) is 6.07 Å². The van der Waals surface area contributed by atoms with Crippen molar-refractivity contribution >= 4 is 11.8 Å². The number of hydrogen-bond donors (Lipinski definition) is 1. The standard InChI is InChI=1S/C37H35NO6/c1-4-44-35(40)36(24-38)31(25-15-19-29(42-2)20-16-25)23-37(41,28-13-9-6-10-14-28)33(34(39)27-11-7-5-8-12-27)32(36)26-17-21-30(43-3)22-18-26/h5-22,31-33,41H,4,23H2,1-3H3. The third-order valence-corrected chi connectivity index (χ3v) is 8.81. The zero-order valence-electron chi connectivity index (χ0n) is 25.0. The van der Waals surface area contributed by atoms with E-state index >= 15 is 0 Å². The molecule has 0 aromatic heterocycles. The first-order chi connectivity index (χ1) is 21.3. The van der Waals surface area contributed by atoms with Gasteiger partial charge in [-0.3, -0.25) is 9.59 Å². The third kappa shape index (κ3) is 5.23. The van der Waals surface area contributed by atoms with Crippen LogP contribution in [0.2, 0.25) is 0 Å². The quantitative estimate of drug-likeness (QED) is 0.177. The van der Waals surface area contributed by atoms with Crippen LogP contribution in [0.3, 0.4) is 0 Å². The van der Waals surface area contributed by atoms with E-state index in [2.05, 4.69) is 6.07 Å². The molecule has 5 atom stereocenters. The number of Topliss-reactive ketones (excluding diaryl/α,β-unsaturated/α-hetero) is 1. The predicted octanol–water partition coefficient (Wildman–Crippen LogP) is 6.43. The summed E-state index contributed by atoms with van der Waals surface area (Å²) in [5.41, 5.74) is -1.63. The molecule has 1 aliphatic rings. The summed E-state index contributed by atoms with van der Waals surface area (Å²) < 4.78 is 16.5. The van der Waals surface area contributed by atoms with Gasteiger partial charge in [0.15, 0.2) is 11.2 Å². The molecule has 44 heavy (non-hydrogen) atoms. The van der Waals surface area contributed by atoms with Crippen LogP contribution < -0.4 is 9.47 Å². The number of rotatable bonds is 9. The number of esters is 1. The van der Waals surface area contributed by atoms with Crippen molar-refractivity contribution in [3.8, 4) is 17.6 Å². The van der Waals surface area contributed by atoms with Crippen LogP contribution in [0.25, 0.3) is 0 Å². The van der Waals surface area contributed by atoms with E-state index in [4.69, 9.17) is 14.2 Å². The minimum atomic E-state index is -1.89. The first kappa shape index (κ1) is 30.5. The maximum absolute atomic E-state index is 14.7. The zero-order valence-corrected chi connectivity index (χ0v) is 25.0. The molecule has 1 N–H and O–H groups in total. The number of benzene rings is 4. The molecule has 0 spiro atoms. The number of carbonyl (C=O) groups is 2. The van der Waals surface area contributed by atoms with E-state index in [0.717, 1.165) is 0 Å². The minimum absolute atomic E-state index is 0.0349. The third-order valence-electron chi connectivity index (χ3n) is 8.81. The van der Waals surface area contributed by atoms with Crippen LogP contribution in [-0.2, 0) is 15.1 Å². The van der Waals surface area contributed by atoms with Gasteiger partial charge in [-0.05, 0) is 54.3 Å². The van der Waals surface area contributed by atoms with Gasteiger partial charge in [0.2, 0.25) is 0 Å². The van der Waals surface area contributed by atoms with Crippen LogP contribution in [-0.4, -0.2) is 37.7 Å². The summed E-state index contributed by atoms with van der Waals surface area (Å²) in [7, 11) is 3.10. The van der Waals surface area contributed by atoms with Crippen molar-refractivity contribution in [2.45, 2.75) is 30.8 Å². The van der Waals surface area contributed by atoms with Gasteiger partial charge in [0.05, 0.1) is 32.8 Å². The fourth-order valence-corrected chi connectivity index (χ4v) is 6.73. The molecule has 5 unspecified atom stereocenters. The largest absolute Gasteiger partial charge is 0.497 e. The van der Waals surface area contributed by atoms with Gasteiger partial charge >= 0.3 is 5.97 Å². The van der Waals surface area contributed by atoms with Gasteiger partial charge in [-0.2, -0.15) is 5.26 Å². The van der Waals surface area contributed by atoms with E-state index < -0.39 is 34.7 Å². The van der Waals surface area contributed by atoms with Crippen molar-refractivity contribution in [2.75, 3.05) is 20.8 Å². The second-order valence-electron chi connectivity index (χ2n) is 11.0. The number of nitrogens with zero attached hydrogens (tertiary/aromatic N) is 1. The molecular weight excluding hydrogens is 554 g/mol. The average molecular weight is 590 g/mol. The Morgan fingerprint density at radius 2 is 1.34 bits per heavy atom. The van der Waals surface area contributed by atoms with Gasteiger partial charge in [-0.25, -0.2) is 0 Å². The summed E-state index contributed by atoms with van der Waals surface area (Å²) in [6.07, 6.45) is -0.0917. The van der Waals surface area contributed by atoms with Crippen LogP contribution in [0, 0.1) is 22.7 Å². The molecule has 7 heteroatoms. The highest BCUT2D eigenvalue weighted by molar-refractivity contribution is 6.00. The summed E-state index contributed by atoms with van der Waals surface area (Å²) >= 11 is 0. The Morgan fingerprint density at radius 1 is 0.818 bits per heavy atom. The SMILES string of the molecule is CCOC(=O)C1(C#N)C(c2ccc(OC)cc2)CC(O)(c2ccccc2)C(C(=O)c2ccccc2)C1c1ccc(OC)cc1. The Balaban J connectivity index is 1.88. The molecule has 5 rings (SSSR count). The second kappa shape index (κ2) is 12.7. The topological polar surface area (TPSA) is 106 Å². The second-order valence-corrected chi connectivity index (χ2v) is 11.0. The molecule has 1 saturated carbocycles. The molecule has 0 aliphatic heterocycles. The number of ketones is 1. The number of ether oxygens (including phenoxy) is 3. The van der Waals surface area contributed by atoms with Gasteiger partial charge < -0.3 is 19.3 Å². The highest BCUT2D eigenvalue weighted by Crippen LogP contribution is 2.64. The Morgan fingerprint density at radius 3 is 1.84 bits per heavy atom. The lowest BCUT2D eigenvalue weighted by atomic mass is 9.47. The summed E-state index contributed by atoms with van der Waals surface area (Å²) in [6, 6.07) is 34.1. The van der Waals surface area contributed by atoms with E-state index in [-0.39, 0.29) is 18.8 Å². The fourth-order valence-electron chi connectivity index (χ4n) is 6.73. The molecule has 0 amide bonds. The highest BCUT2D eigenvalue weighted by Gasteiger charge is 2.67. The summed E-state index contributed by atoms with van der Waals surface area (Å²) in [4.78, 5) is 29.1. The molecule has 0 bridgehead atoms. The van der Waals surface area contributed by atoms with Crippen molar-refractivity contribution < 1.29 is 28.9 Å². The molecule has 0 heterocycles. The average Bonchev–Trinajstić information content (AvgIpc) is 3.08. The summed E-state index contributed by atoms with van der Waals surface area (Å²) in [6.45, 7) is 1.72. The number of nitriles is 1. The molecule has 0 saturated heterocycles. The van der Waals surface area contributed by atoms with Crippen molar-refractivity contribution in [3.05, 3.63) is 131 Å². The predicted molar refractivity (Wildman–Crippen MR) is 165 cm³/mol. The molecule has 224 valence electrons. The van der Waals surface area contributed by atoms with Gasteiger partial charge in [0.1, 0.15) is 17.1 Å². The van der Waals surface area contributed by atoms with Gasteiger partial charge in [-0.15, -0.1) is 0 Å². The number of methoxy groups -OCH3 is 2. The van der Waals surface area contributed by atoms with Gasteiger partial charge in [-0.1, -0.05) is 84.9 Å². The Labute approximate surface area is 257 Å². The lowest BCUT2D eigenvalue weighted by Gasteiger charge is -2.54. The zero-order chi connectivity index (χ0) is 31.3. The fraction of sp³-hybridized carbons (Fsp3) is 0.270. The Bertz CT molecular complexity index is 1630. The van der Waals surface area contributed by atoms with E-state index in [1.165, 1.54) is 0 Å². The van der Waals surface area contributed by atoms with Crippen LogP contribution >= 0.6 is 0 Å². The molecule has 1 fully saturated rings. The van der Waals surface area contributed by atoms with Crippen molar-refractivity contribution in [2.24, 2.45) is 11.3 Å². The highest BCUT2D eigenvalue weighted by atomic mass is 16.5. The van der Waals surface area contributed by atoms with E-state index in [9.17, 15) is 20.0 Å². The van der Waals surface area contributed by atoms with Crippen LogP contribution in [0.1, 0.15) is 52.2 Å². The lowest BCUT2D eigenvalue weighted by Crippen LogP contribution is -2.59. The smallest absolute Gasteiger partial charge is 0.327 e. The molecule has 0 radical (unpaired) electrons. The minimum Gasteiger partial charge on any atom is -0.497 e. The molecule has 4 aromatic carbocycles. The van der Waals surface area contributed by atoms with E-state index in [0.29, 0.717) is 33.8 Å². The first-order valence-electron chi connectivity index (χ1n) is 14.6. The first-order valence-corrected chi connectivity index (χ1v) is 14.6. The summed E-state index contributed by atoms with van der Waals surface area (Å²) in [5.74, 6) is -3.17. The lowest BCUT2D eigenvalue weighted by molar-refractivity contribution is -0.164. The van der Waals surface area contributed by atoms with Crippen molar-refractivity contribution in [1.29, 1.82) is 5.26 Å². The number of hydrogen-bond acceptors (Lipinski definition) is 7. The maximum atomic E-state index is 14.7. The van der Waals surface area contributed by atoms with E-state index in [1.54, 1.807) is 124 Å². The Kier molecular flexibility index (Phi) is 8.84. The Hall–Kier alpha value is -4.93. The monoisotopic (exact) mass is 589 g/mol. The molecule has 4 aromatic rings. The maximum Gasteiger partial charge on any atom is 0.327 e.